The molecule has 0 bridgehead atoms. The smallest absolute Gasteiger partial charge is 0.154 e. The van der Waals surface area contributed by atoms with Crippen LogP contribution in [0.2, 0.25) is 0 Å². The third-order valence-electron chi connectivity index (χ3n) is 2.14. The van der Waals surface area contributed by atoms with Crippen molar-refractivity contribution in [3.05, 3.63) is 0 Å². The van der Waals surface area contributed by atoms with E-state index in [1.54, 1.807) is 0 Å². The van der Waals surface area contributed by atoms with Gasteiger partial charge in [-0.15, -0.1) is 0 Å². The van der Waals surface area contributed by atoms with Gasteiger partial charge in [0.15, 0.2) is 6.29 Å². The molecule has 6 N–H and O–H groups in total. The Bertz CT molecular complexity index is 165. The molecule has 0 amide bonds. The van der Waals surface area contributed by atoms with Gasteiger partial charge in [-0.05, 0) is 0 Å². The maximum atomic E-state index is 9.36. The summed E-state index contributed by atoms with van der Waals surface area (Å²) in [4.78, 5) is 0. The Balaban J connectivity index is 2.50. The standard InChI is InChI=1S/C7H15NO5/c8-2-4-7(12)6(11)3(13-4)1-5(9)10/h3-7,9-12H,1-2,8H2/t3?,4-,6?,7?/m1/s1. The van der Waals surface area contributed by atoms with Crippen LogP contribution in [-0.4, -0.2) is 57.7 Å². The molecule has 3 unspecified atom stereocenters. The fourth-order valence-electron chi connectivity index (χ4n) is 1.42. The summed E-state index contributed by atoms with van der Waals surface area (Å²) >= 11 is 0. The first-order valence-corrected chi connectivity index (χ1v) is 4.14. The summed E-state index contributed by atoms with van der Waals surface area (Å²) in [5.74, 6) is 0. The van der Waals surface area contributed by atoms with Gasteiger partial charge in [-0.2, -0.15) is 0 Å². The van der Waals surface area contributed by atoms with Crippen molar-refractivity contribution < 1.29 is 25.2 Å². The van der Waals surface area contributed by atoms with Crippen molar-refractivity contribution in [1.82, 2.24) is 0 Å². The first-order valence-electron chi connectivity index (χ1n) is 4.14. The maximum absolute atomic E-state index is 9.36. The highest BCUT2D eigenvalue weighted by Gasteiger charge is 2.42. The zero-order chi connectivity index (χ0) is 10.0. The van der Waals surface area contributed by atoms with Gasteiger partial charge in [0.05, 0.1) is 12.2 Å². The topological polar surface area (TPSA) is 116 Å². The number of ether oxygens (including phenoxy) is 1. The number of aliphatic hydroxyl groups is 4. The number of hydrogen-bond acceptors (Lipinski definition) is 6. The van der Waals surface area contributed by atoms with Gasteiger partial charge in [0.2, 0.25) is 0 Å². The molecule has 1 saturated heterocycles. The van der Waals surface area contributed by atoms with Crippen molar-refractivity contribution in [2.45, 2.75) is 37.1 Å². The second-order valence-electron chi connectivity index (χ2n) is 3.15. The average Bonchev–Trinajstić information content (AvgIpc) is 2.32. The molecule has 6 nitrogen and oxygen atoms in total. The van der Waals surface area contributed by atoms with Crippen LogP contribution in [0.1, 0.15) is 6.42 Å². The lowest BCUT2D eigenvalue weighted by Gasteiger charge is -2.14. The van der Waals surface area contributed by atoms with Crippen LogP contribution in [0.5, 0.6) is 0 Å². The minimum absolute atomic E-state index is 0.0935. The van der Waals surface area contributed by atoms with Gasteiger partial charge in [-0.25, -0.2) is 0 Å². The molecule has 1 aliphatic rings. The van der Waals surface area contributed by atoms with Crippen LogP contribution >= 0.6 is 0 Å². The molecule has 1 heterocycles. The van der Waals surface area contributed by atoms with E-state index in [1.165, 1.54) is 0 Å². The first kappa shape index (κ1) is 10.8. The van der Waals surface area contributed by atoms with Gasteiger partial charge >= 0.3 is 0 Å². The summed E-state index contributed by atoms with van der Waals surface area (Å²) < 4.78 is 5.10. The molecular formula is C7H15NO5. The van der Waals surface area contributed by atoms with Crippen LogP contribution < -0.4 is 5.73 Å². The second kappa shape index (κ2) is 4.32. The quantitative estimate of drug-likeness (QED) is 0.308. The predicted molar refractivity (Wildman–Crippen MR) is 42.6 cm³/mol. The Hall–Kier alpha value is -0.240. The maximum Gasteiger partial charge on any atom is 0.154 e. The van der Waals surface area contributed by atoms with Crippen molar-refractivity contribution >= 4 is 0 Å². The van der Waals surface area contributed by atoms with E-state index >= 15 is 0 Å². The van der Waals surface area contributed by atoms with Crippen LogP contribution in [0.4, 0.5) is 0 Å². The summed E-state index contributed by atoms with van der Waals surface area (Å²) in [5.41, 5.74) is 5.26. The number of hydrogen-bond donors (Lipinski definition) is 5. The molecule has 4 atom stereocenters. The highest BCUT2D eigenvalue weighted by Crippen LogP contribution is 2.23. The predicted octanol–water partition coefficient (Wildman–Crippen LogP) is -2.86. The van der Waals surface area contributed by atoms with E-state index in [1.807, 2.05) is 0 Å². The molecule has 0 aromatic heterocycles. The molecule has 78 valence electrons. The van der Waals surface area contributed by atoms with Crippen molar-refractivity contribution in [3.8, 4) is 0 Å². The summed E-state index contributed by atoms with van der Waals surface area (Å²) in [6.07, 6.45) is -5.22. The van der Waals surface area contributed by atoms with Gasteiger partial charge < -0.3 is 30.9 Å². The lowest BCUT2D eigenvalue weighted by atomic mass is 10.1. The molecule has 0 saturated carbocycles. The van der Waals surface area contributed by atoms with Gasteiger partial charge in [0, 0.05) is 13.0 Å². The molecular weight excluding hydrogens is 178 g/mol. The molecule has 0 aromatic rings. The number of rotatable bonds is 3. The SMILES string of the molecule is NC[C@H]1OC(CC(O)O)C(O)C1O. The van der Waals surface area contributed by atoms with E-state index in [9.17, 15) is 10.2 Å². The summed E-state index contributed by atoms with van der Waals surface area (Å²) in [7, 11) is 0. The second-order valence-corrected chi connectivity index (χ2v) is 3.15. The summed E-state index contributed by atoms with van der Waals surface area (Å²) in [5, 5.41) is 35.9. The Morgan fingerprint density at radius 3 is 2.08 bits per heavy atom. The summed E-state index contributed by atoms with van der Waals surface area (Å²) in [6, 6.07) is 0. The zero-order valence-electron chi connectivity index (χ0n) is 7.08. The monoisotopic (exact) mass is 193 g/mol. The average molecular weight is 193 g/mol. The van der Waals surface area contributed by atoms with Gasteiger partial charge in [-0.3, -0.25) is 0 Å². The largest absolute Gasteiger partial charge is 0.388 e. The highest BCUT2D eigenvalue weighted by molar-refractivity contribution is 4.91. The number of aliphatic hydroxyl groups excluding tert-OH is 3. The Kier molecular flexibility index (Phi) is 3.60. The third kappa shape index (κ3) is 2.37. The molecule has 0 aromatic carbocycles. The van der Waals surface area contributed by atoms with Gasteiger partial charge in [0.25, 0.3) is 0 Å². The lowest BCUT2D eigenvalue weighted by molar-refractivity contribution is -0.0940. The molecule has 0 spiro atoms. The van der Waals surface area contributed by atoms with Crippen molar-refractivity contribution in [1.29, 1.82) is 0 Å². The van der Waals surface area contributed by atoms with E-state index < -0.39 is 30.7 Å². The summed E-state index contributed by atoms with van der Waals surface area (Å²) in [6.45, 7) is 0.0935. The lowest BCUT2D eigenvalue weighted by Crippen LogP contribution is -2.36. The molecule has 13 heavy (non-hydrogen) atoms. The van der Waals surface area contributed by atoms with Crippen LogP contribution in [0.3, 0.4) is 0 Å². The third-order valence-corrected chi connectivity index (χ3v) is 2.14. The normalized spacial score (nSPS) is 40.2. The van der Waals surface area contributed by atoms with Crippen molar-refractivity contribution in [3.63, 3.8) is 0 Å². The van der Waals surface area contributed by atoms with Crippen LogP contribution in [0, 0.1) is 0 Å². The molecule has 1 fully saturated rings. The minimum atomic E-state index is -1.55. The van der Waals surface area contributed by atoms with E-state index in [4.69, 9.17) is 20.7 Å². The van der Waals surface area contributed by atoms with Crippen molar-refractivity contribution in [2.24, 2.45) is 5.73 Å². The molecule has 0 aliphatic carbocycles. The minimum Gasteiger partial charge on any atom is -0.388 e. The van der Waals surface area contributed by atoms with E-state index in [0.717, 1.165) is 0 Å². The molecule has 6 heteroatoms. The Morgan fingerprint density at radius 2 is 1.69 bits per heavy atom. The molecule has 1 rings (SSSR count). The van der Waals surface area contributed by atoms with E-state index in [2.05, 4.69) is 0 Å². The van der Waals surface area contributed by atoms with E-state index in [0.29, 0.717) is 0 Å². The fourth-order valence-corrected chi connectivity index (χ4v) is 1.42. The van der Waals surface area contributed by atoms with Crippen LogP contribution in [0.25, 0.3) is 0 Å². The van der Waals surface area contributed by atoms with Gasteiger partial charge in [0.1, 0.15) is 12.2 Å². The highest BCUT2D eigenvalue weighted by atomic mass is 16.5. The van der Waals surface area contributed by atoms with E-state index in [-0.39, 0.29) is 13.0 Å². The van der Waals surface area contributed by atoms with Gasteiger partial charge in [-0.1, -0.05) is 0 Å². The Morgan fingerprint density at radius 1 is 1.15 bits per heavy atom. The van der Waals surface area contributed by atoms with Crippen LogP contribution in [0.15, 0.2) is 0 Å². The molecule has 1 aliphatic heterocycles. The zero-order valence-corrected chi connectivity index (χ0v) is 7.08. The van der Waals surface area contributed by atoms with Crippen LogP contribution in [-0.2, 0) is 4.74 Å². The molecule has 0 radical (unpaired) electrons. The first-order chi connectivity index (χ1) is 6.06. The Labute approximate surface area is 75.6 Å². The van der Waals surface area contributed by atoms with Crippen molar-refractivity contribution in [2.75, 3.05) is 6.54 Å². The number of nitrogens with two attached hydrogens (primary N) is 1. The fraction of sp³-hybridized carbons (Fsp3) is 1.00.